The summed E-state index contributed by atoms with van der Waals surface area (Å²) in [5, 5.41) is 6.14. The molecule has 2 amide bonds. The van der Waals surface area contributed by atoms with Crippen molar-refractivity contribution in [3.63, 3.8) is 0 Å². The van der Waals surface area contributed by atoms with E-state index in [9.17, 15) is 4.79 Å². The molecule has 1 saturated heterocycles. The molecule has 2 N–H and O–H groups in total. The Bertz CT molecular complexity index is 406. The third-order valence-corrected chi connectivity index (χ3v) is 3.09. The lowest BCUT2D eigenvalue weighted by molar-refractivity contribution is 0.105. The van der Waals surface area contributed by atoms with Crippen molar-refractivity contribution in [3.05, 3.63) is 29.3 Å². The number of hydrogen-bond donors (Lipinski definition) is 2. The molecule has 18 heavy (non-hydrogen) atoms. The quantitative estimate of drug-likeness (QED) is 0.882. The second-order valence-electron chi connectivity index (χ2n) is 4.31. The Morgan fingerprint density at radius 1 is 1.50 bits per heavy atom. The minimum atomic E-state index is -0.213. The Kier molecular flexibility index (Phi) is 4.84. The molecule has 1 heterocycles. The first-order valence-corrected chi connectivity index (χ1v) is 6.54. The normalized spacial score (nSPS) is 18.6. The molecule has 4 nitrogen and oxygen atoms in total. The maximum absolute atomic E-state index is 11.6. The smallest absolute Gasteiger partial charge is 0.319 e. The summed E-state index contributed by atoms with van der Waals surface area (Å²) in [5.41, 5.74) is 0.692. The number of halogens is 1. The molecule has 0 aromatic heterocycles. The van der Waals surface area contributed by atoms with Crippen molar-refractivity contribution < 1.29 is 9.53 Å². The van der Waals surface area contributed by atoms with E-state index in [2.05, 4.69) is 10.6 Å². The molecule has 98 valence electrons. The van der Waals surface area contributed by atoms with Crippen LogP contribution >= 0.6 is 11.6 Å². The number of ether oxygens (including phenoxy) is 1. The van der Waals surface area contributed by atoms with Gasteiger partial charge in [-0.05, 0) is 37.5 Å². The topological polar surface area (TPSA) is 50.4 Å². The van der Waals surface area contributed by atoms with E-state index >= 15 is 0 Å². The first kappa shape index (κ1) is 13.2. The van der Waals surface area contributed by atoms with Crippen molar-refractivity contribution in [3.8, 4) is 0 Å². The van der Waals surface area contributed by atoms with Crippen LogP contribution in [-0.2, 0) is 4.74 Å². The monoisotopic (exact) mass is 268 g/mol. The summed E-state index contributed by atoms with van der Waals surface area (Å²) in [4.78, 5) is 11.6. The molecule has 1 atom stereocenters. The molecule has 0 aliphatic carbocycles. The average Bonchev–Trinajstić information content (AvgIpc) is 2.82. The summed E-state index contributed by atoms with van der Waals surface area (Å²) in [6.45, 7) is 1.47. The number of urea groups is 1. The fourth-order valence-corrected chi connectivity index (χ4v) is 2.15. The minimum Gasteiger partial charge on any atom is -0.378 e. The highest BCUT2D eigenvalue weighted by Crippen LogP contribution is 2.15. The van der Waals surface area contributed by atoms with Crippen LogP contribution in [0.1, 0.15) is 19.3 Å². The molecular weight excluding hydrogens is 252 g/mol. The van der Waals surface area contributed by atoms with Crippen LogP contribution in [0.3, 0.4) is 0 Å². The summed E-state index contributed by atoms with van der Waals surface area (Å²) < 4.78 is 5.48. The van der Waals surface area contributed by atoms with Crippen LogP contribution in [0.2, 0.25) is 5.02 Å². The van der Waals surface area contributed by atoms with Gasteiger partial charge in [0.1, 0.15) is 0 Å². The third-order valence-electron chi connectivity index (χ3n) is 2.86. The molecule has 1 aromatic carbocycles. The number of benzene rings is 1. The van der Waals surface area contributed by atoms with Crippen LogP contribution in [0.5, 0.6) is 0 Å². The van der Waals surface area contributed by atoms with Crippen molar-refractivity contribution in [2.45, 2.75) is 25.4 Å². The van der Waals surface area contributed by atoms with Crippen molar-refractivity contribution >= 4 is 23.3 Å². The van der Waals surface area contributed by atoms with Gasteiger partial charge in [0.05, 0.1) is 6.10 Å². The average molecular weight is 269 g/mol. The maximum Gasteiger partial charge on any atom is 0.319 e. The van der Waals surface area contributed by atoms with Gasteiger partial charge < -0.3 is 15.4 Å². The summed E-state index contributed by atoms with van der Waals surface area (Å²) in [6.07, 6.45) is 3.39. The number of amides is 2. The number of hydrogen-bond acceptors (Lipinski definition) is 2. The molecular formula is C13H17ClN2O2. The van der Waals surface area contributed by atoms with Gasteiger partial charge in [-0.3, -0.25) is 0 Å². The van der Waals surface area contributed by atoms with E-state index in [0.29, 0.717) is 23.4 Å². The van der Waals surface area contributed by atoms with Gasteiger partial charge in [-0.1, -0.05) is 17.7 Å². The van der Waals surface area contributed by atoms with Crippen molar-refractivity contribution in [2.24, 2.45) is 0 Å². The van der Waals surface area contributed by atoms with Crippen molar-refractivity contribution in [1.29, 1.82) is 0 Å². The van der Waals surface area contributed by atoms with Gasteiger partial charge in [0, 0.05) is 23.9 Å². The maximum atomic E-state index is 11.6. The second kappa shape index (κ2) is 6.61. The van der Waals surface area contributed by atoms with Crippen LogP contribution in [0.15, 0.2) is 24.3 Å². The molecule has 0 spiro atoms. The van der Waals surface area contributed by atoms with E-state index in [1.807, 2.05) is 0 Å². The highest BCUT2D eigenvalue weighted by molar-refractivity contribution is 6.30. The van der Waals surface area contributed by atoms with E-state index in [1.54, 1.807) is 24.3 Å². The summed E-state index contributed by atoms with van der Waals surface area (Å²) >= 11 is 5.83. The van der Waals surface area contributed by atoms with Crippen molar-refractivity contribution in [2.75, 3.05) is 18.5 Å². The van der Waals surface area contributed by atoms with E-state index in [0.717, 1.165) is 25.9 Å². The van der Waals surface area contributed by atoms with Crippen LogP contribution in [0.4, 0.5) is 10.5 Å². The lowest BCUT2D eigenvalue weighted by atomic mass is 10.2. The molecule has 1 fully saturated rings. The summed E-state index contributed by atoms with van der Waals surface area (Å²) in [6, 6.07) is 6.86. The zero-order valence-electron chi connectivity index (χ0n) is 10.1. The zero-order chi connectivity index (χ0) is 12.8. The van der Waals surface area contributed by atoms with Crippen LogP contribution in [0, 0.1) is 0 Å². The molecule has 0 saturated carbocycles. The van der Waals surface area contributed by atoms with Gasteiger partial charge in [-0.15, -0.1) is 0 Å². The number of anilines is 1. The minimum absolute atomic E-state index is 0.213. The molecule has 1 aliphatic heterocycles. The second-order valence-corrected chi connectivity index (χ2v) is 4.75. The van der Waals surface area contributed by atoms with Crippen molar-refractivity contribution in [1.82, 2.24) is 5.32 Å². The molecule has 1 unspecified atom stereocenters. The Labute approximate surface area is 112 Å². The van der Waals surface area contributed by atoms with E-state index < -0.39 is 0 Å². The predicted molar refractivity (Wildman–Crippen MR) is 72.1 cm³/mol. The van der Waals surface area contributed by atoms with Gasteiger partial charge in [0.15, 0.2) is 0 Å². The number of rotatable bonds is 4. The lowest BCUT2D eigenvalue weighted by Crippen LogP contribution is -2.31. The highest BCUT2D eigenvalue weighted by atomic mass is 35.5. The Morgan fingerprint density at radius 3 is 3.11 bits per heavy atom. The molecule has 2 rings (SSSR count). The summed E-state index contributed by atoms with van der Waals surface area (Å²) in [7, 11) is 0. The van der Waals surface area contributed by atoms with E-state index in [1.165, 1.54) is 0 Å². The fraction of sp³-hybridized carbons (Fsp3) is 0.462. The van der Waals surface area contributed by atoms with Gasteiger partial charge in [-0.2, -0.15) is 0 Å². The van der Waals surface area contributed by atoms with Crippen LogP contribution in [-0.4, -0.2) is 25.3 Å². The third kappa shape index (κ3) is 4.20. The SMILES string of the molecule is O=C(NCCC1CCCO1)Nc1cccc(Cl)c1. The Morgan fingerprint density at radius 2 is 2.39 bits per heavy atom. The zero-order valence-corrected chi connectivity index (χ0v) is 10.9. The Hall–Kier alpha value is -1.26. The van der Waals surface area contributed by atoms with Gasteiger partial charge in [0.2, 0.25) is 0 Å². The first-order chi connectivity index (χ1) is 8.74. The van der Waals surface area contributed by atoms with Gasteiger partial charge >= 0.3 is 6.03 Å². The highest BCUT2D eigenvalue weighted by Gasteiger charge is 2.15. The molecule has 1 aliphatic rings. The fourth-order valence-electron chi connectivity index (χ4n) is 1.96. The van der Waals surface area contributed by atoms with E-state index in [4.69, 9.17) is 16.3 Å². The number of carbonyl (C=O) groups is 1. The Balaban J connectivity index is 1.68. The van der Waals surface area contributed by atoms with Crippen LogP contribution in [0.25, 0.3) is 0 Å². The predicted octanol–water partition coefficient (Wildman–Crippen LogP) is 3.03. The molecule has 0 bridgehead atoms. The summed E-state index contributed by atoms with van der Waals surface area (Å²) in [5.74, 6) is 0. The molecule has 0 radical (unpaired) electrons. The first-order valence-electron chi connectivity index (χ1n) is 6.16. The van der Waals surface area contributed by atoms with Crippen LogP contribution < -0.4 is 10.6 Å². The van der Waals surface area contributed by atoms with Gasteiger partial charge in [-0.25, -0.2) is 4.79 Å². The number of nitrogens with one attached hydrogen (secondary N) is 2. The van der Waals surface area contributed by atoms with E-state index in [-0.39, 0.29) is 6.03 Å². The van der Waals surface area contributed by atoms with Gasteiger partial charge in [0.25, 0.3) is 0 Å². The standard InChI is InChI=1S/C13H17ClN2O2/c14-10-3-1-4-11(9-10)16-13(17)15-7-6-12-5-2-8-18-12/h1,3-4,9,12H,2,5-8H2,(H2,15,16,17). The lowest BCUT2D eigenvalue weighted by Gasteiger charge is -2.11. The molecule has 5 heteroatoms. The number of carbonyl (C=O) groups excluding carboxylic acids is 1. The largest absolute Gasteiger partial charge is 0.378 e. The molecule has 1 aromatic rings.